The Kier molecular flexibility index (Phi) is 6.65. The molecule has 0 aromatic carbocycles. The topological polar surface area (TPSA) is 89.4 Å². The molecule has 6 heteroatoms. The molecule has 0 heterocycles. The molecule has 0 aromatic rings. The van der Waals surface area contributed by atoms with Crippen molar-refractivity contribution in [1.29, 1.82) is 0 Å². The molecule has 0 aliphatic rings. The van der Waals surface area contributed by atoms with E-state index in [1.54, 1.807) is 0 Å². The van der Waals surface area contributed by atoms with E-state index in [-0.39, 0.29) is 51.4 Å². The van der Waals surface area contributed by atoms with E-state index in [1.165, 1.54) is 0 Å². The van der Waals surface area contributed by atoms with Gasteiger partial charge in [-0.1, -0.05) is 0 Å². The van der Waals surface area contributed by atoms with Crippen LogP contribution in [0.3, 0.4) is 0 Å². The third-order valence-electron chi connectivity index (χ3n) is 0. The van der Waals surface area contributed by atoms with E-state index in [2.05, 4.69) is 0 Å². The van der Waals surface area contributed by atoms with Gasteiger partial charge in [0.25, 0.3) is 0 Å². The van der Waals surface area contributed by atoms with Crippen LogP contribution in [0.25, 0.3) is 0 Å². The maximum absolute atomic E-state index is 8.60. The molecule has 6 heavy (non-hydrogen) atoms. The fraction of sp³-hybridized carbons (Fsp3) is 0. The molecule has 0 aliphatic heterocycles. The summed E-state index contributed by atoms with van der Waals surface area (Å²) in [7, 11) is -4.69. The third kappa shape index (κ3) is 42.0. The van der Waals surface area contributed by atoms with Gasteiger partial charge in [0.1, 0.15) is 0 Å². The van der Waals surface area contributed by atoms with Crippen LogP contribution in [0.5, 0.6) is 0 Å². The molecule has 0 atom stereocenters. The molecule has 4 nitrogen and oxygen atoms in total. The van der Waals surface area contributed by atoms with Crippen LogP contribution in [0, 0.1) is 10.2 Å². The molecule has 0 rings (SSSR count). The van der Waals surface area contributed by atoms with Crippen LogP contribution >= 0.6 is 0 Å². The SMILES string of the molecule is [KH].[O-][Cl+3]([O-])([O-])O. The van der Waals surface area contributed by atoms with Crippen molar-refractivity contribution >= 4 is 51.4 Å². The van der Waals surface area contributed by atoms with Gasteiger partial charge in [-0.25, -0.2) is 0 Å². The Morgan fingerprint density at radius 1 is 1.17 bits per heavy atom. The van der Waals surface area contributed by atoms with Crippen molar-refractivity contribution in [3.63, 3.8) is 0 Å². The summed E-state index contributed by atoms with van der Waals surface area (Å²) in [5, 5.41) is 0. The van der Waals surface area contributed by atoms with Crippen LogP contribution in [0.1, 0.15) is 0 Å². The largest absolute Gasteiger partial charge is 0.183 e. The van der Waals surface area contributed by atoms with Crippen LogP contribution in [-0.4, -0.2) is 56.0 Å². The van der Waals surface area contributed by atoms with Crippen LogP contribution in [0.4, 0.5) is 0 Å². The number of hydrogen-bond acceptors (Lipinski definition) is 4. The van der Waals surface area contributed by atoms with Crippen LogP contribution in [0.15, 0.2) is 0 Å². The predicted molar refractivity (Wildman–Crippen MR) is 9.37 cm³/mol. The Labute approximate surface area is 78.9 Å². The summed E-state index contributed by atoms with van der Waals surface area (Å²) in [5.74, 6) is 0. The Morgan fingerprint density at radius 3 is 1.17 bits per heavy atom. The molecule has 0 saturated carbocycles. The van der Waals surface area contributed by atoms with Gasteiger partial charge in [0, 0.05) is 0 Å². The van der Waals surface area contributed by atoms with E-state index in [4.69, 9.17) is 18.6 Å². The normalized spacial score (nSPS) is 10.0. The molecular weight excluding hydrogens is 139 g/mol. The van der Waals surface area contributed by atoms with Gasteiger partial charge in [0.05, 0.1) is 14.9 Å². The van der Waals surface area contributed by atoms with Crippen molar-refractivity contribution < 1.29 is 28.9 Å². The minimum atomic E-state index is -4.69. The zero-order valence-corrected chi connectivity index (χ0v) is 2.81. The first-order chi connectivity index (χ1) is 2.00. The molecular formula is H2ClKO4. The Morgan fingerprint density at radius 2 is 1.17 bits per heavy atom. The smallest absolute Gasteiger partial charge is 0.0777 e. The summed E-state index contributed by atoms with van der Waals surface area (Å²) >= 11 is 0. The molecule has 0 saturated heterocycles. The number of hydrogen-bond donors (Lipinski definition) is 1. The van der Waals surface area contributed by atoms with E-state index in [0.29, 0.717) is 0 Å². The van der Waals surface area contributed by atoms with Crippen molar-refractivity contribution in [1.82, 2.24) is 0 Å². The Hall–Kier alpha value is 1.77. The maximum Gasteiger partial charge on any atom is 0.0777 e. The summed E-state index contributed by atoms with van der Waals surface area (Å²) in [6.07, 6.45) is 0. The quantitative estimate of drug-likeness (QED) is 0.342. The summed E-state index contributed by atoms with van der Waals surface area (Å²) in [6.45, 7) is 0. The molecule has 0 amide bonds. The monoisotopic (exact) mass is 140 g/mol. The second-order valence-electron chi connectivity index (χ2n) is 0.396. The van der Waals surface area contributed by atoms with E-state index >= 15 is 0 Å². The molecule has 1 N–H and O–H groups in total. The minimum Gasteiger partial charge on any atom is -0.183 e. The predicted octanol–water partition coefficient (Wildman–Crippen LogP) is -4.77. The first-order valence-corrected chi connectivity index (χ1v) is 1.90. The Balaban J connectivity index is 0. The zero-order chi connectivity index (χ0) is 4.50. The van der Waals surface area contributed by atoms with Gasteiger partial charge in [-0.2, -0.15) is 14.0 Å². The first kappa shape index (κ1) is 10.7. The van der Waals surface area contributed by atoms with Gasteiger partial charge in [-0.15, -0.1) is 0 Å². The molecule has 34 valence electrons. The number of halogens is 1. The van der Waals surface area contributed by atoms with Crippen molar-refractivity contribution in [2.45, 2.75) is 0 Å². The van der Waals surface area contributed by atoms with Crippen LogP contribution in [-0.2, 0) is 0 Å². The molecule has 0 radical (unpaired) electrons. The van der Waals surface area contributed by atoms with E-state index < -0.39 is 10.2 Å². The number of rotatable bonds is 0. The average molecular weight is 141 g/mol. The molecule has 0 unspecified atom stereocenters. The standard InChI is InChI=1S/ClHO4.K.H/c2-1(3,4)5;;/h(H,2,3,4,5);;. The first-order valence-electron chi connectivity index (χ1n) is 0.632. The van der Waals surface area contributed by atoms with Gasteiger partial charge in [0.2, 0.25) is 0 Å². The van der Waals surface area contributed by atoms with Crippen molar-refractivity contribution in [3.8, 4) is 0 Å². The third-order valence-corrected chi connectivity index (χ3v) is 0. The molecule has 0 spiro atoms. The van der Waals surface area contributed by atoms with E-state index in [9.17, 15) is 0 Å². The van der Waals surface area contributed by atoms with Gasteiger partial charge in [-0.05, 0) is 0 Å². The molecule has 0 aliphatic carbocycles. The molecule has 0 aromatic heterocycles. The van der Waals surface area contributed by atoms with Crippen molar-refractivity contribution in [3.05, 3.63) is 0 Å². The fourth-order valence-corrected chi connectivity index (χ4v) is 0. The Bertz CT molecular complexity index is 23.0. The van der Waals surface area contributed by atoms with E-state index in [0.717, 1.165) is 0 Å². The minimum absolute atomic E-state index is 0. The average Bonchev–Trinajstić information content (AvgIpc) is 0.722. The molecule has 0 bridgehead atoms. The van der Waals surface area contributed by atoms with Crippen molar-refractivity contribution in [2.24, 2.45) is 0 Å². The fourth-order valence-electron chi connectivity index (χ4n) is 0. The summed E-state index contributed by atoms with van der Waals surface area (Å²) in [6, 6.07) is 0. The van der Waals surface area contributed by atoms with Gasteiger partial charge in [0.15, 0.2) is 0 Å². The van der Waals surface area contributed by atoms with Crippen LogP contribution in [0.2, 0.25) is 0 Å². The van der Waals surface area contributed by atoms with E-state index in [1.807, 2.05) is 0 Å². The zero-order valence-electron chi connectivity index (χ0n) is 2.05. The van der Waals surface area contributed by atoms with Gasteiger partial charge < -0.3 is 0 Å². The maximum atomic E-state index is 8.60. The summed E-state index contributed by atoms with van der Waals surface area (Å²) < 4.78 is 32.7. The van der Waals surface area contributed by atoms with Gasteiger partial charge >= 0.3 is 51.4 Å². The second kappa shape index (κ2) is 3.73. The summed E-state index contributed by atoms with van der Waals surface area (Å²) in [5.41, 5.74) is 0. The summed E-state index contributed by atoms with van der Waals surface area (Å²) in [4.78, 5) is 0. The molecule has 0 fully saturated rings. The second-order valence-corrected chi connectivity index (χ2v) is 1.19. The van der Waals surface area contributed by atoms with Gasteiger partial charge in [-0.3, -0.25) is 0 Å². The van der Waals surface area contributed by atoms with Crippen LogP contribution < -0.4 is 14.0 Å². The van der Waals surface area contributed by atoms with Crippen molar-refractivity contribution in [2.75, 3.05) is 0 Å².